The Morgan fingerprint density at radius 2 is 1.95 bits per heavy atom. The molecule has 21 heavy (non-hydrogen) atoms. The third-order valence-electron chi connectivity index (χ3n) is 3.18. The number of benzene rings is 2. The lowest BCUT2D eigenvalue weighted by molar-refractivity contribution is 0.220. The van der Waals surface area contributed by atoms with Crippen molar-refractivity contribution in [3.8, 4) is 0 Å². The maximum absolute atomic E-state index is 14.2. The highest BCUT2D eigenvalue weighted by atomic mass is 79.9. The Labute approximate surface area is 144 Å². The second-order valence-electron chi connectivity index (χ2n) is 4.87. The molecule has 0 spiro atoms. The van der Waals surface area contributed by atoms with Gasteiger partial charge in [-0.3, -0.25) is 0 Å². The highest BCUT2D eigenvalue weighted by Crippen LogP contribution is 2.32. The van der Waals surface area contributed by atoms with Crippen LogP contribution in [0.3, 0.4) is 0 Å². The van der Waals surface area contributed by atoms with E-state index in [-0.39, 0.29) is 12.4 Å². The van der Waals surface area contributed by atoms with Gasteiger partial charge in [0.25, 0.3) is 0 Å². The number of hydrogen-bond acceptors (Lipinski definition) is 2. The molecule has 112 valence electrons. The summed E-state index contributed by atoms with van der Waals surface area (Å²) >= 11 is 12.5. The summed E-state index contributed by atoms with van der Waals surface area (Å²) in [6.45, 7) is 1.48. The van der Waals surface area contributed by atoms with E-state index in [1.807, 2.05) is 0 Å². The van der Waals surface area contributed by atoms with Crippen molar-refractivity contribution in [1.82, 2.24) is 0 Å². The van der Waals surface area contributed by atoms with Gasteiger partial charge in [-0.05, 0) is 53.2 Å². The molecule has 0 saturated heterocycles. The van der Waals surface area contributed by atoms with Crippen LogP contribution in [0.15, 0.2) is 45.3 Å². The number of hydrogen-bond donors (Lipinski definition) is 2. The van der Waals surface area contributed by atoms with Crippen LogP contribution in [0.2, 0.25) is 5.02 Å². The molecule has 1 atom stereocenters. The number of aliphatic hydroxyl groups excluding tert-OH is 1. The largest absolute Gasteiger partial charge is 0.394 e. The van der Waals surface area contributed by atoms with Crippen LogP contribution in [0.25, 0.3) is 0 Å². The van der Waals surface area contributed by atoms with Gasteiger partial charge in [0.1, 0.15) is 5.82 Å². The molecule has 0 radical (unpaired) electrons. The zero-order chi connectivity index (χ0) is 15.6. The van der Waals surface area contributed by atoms with Crippen LogP contribution in [0.4, 0.5) is 10.1 Å². The van der Waals surface area contributed by atoms with Crippen molar-refractivity contribution < 1.29 is 9.50 Å². The first-order chi connectivity index (χ1) is 9.85. The summed E-state index contributed by atoms with van der Waals surface area (Å²) in [5, 5.41) is 13.5. The van der Waals surface area contributed by atoms with Crippen LogP contribution >= 0.6 is 43.5 Å². The summed E-state index contributed by atoms with van der Waals surface area (Å²) in [6.07, 6.45) is 0. The maximum Gasteiger partial charge on any atom is 0.129 e. The van der Waals surface area contributed by atoms with Gasteiger partial charge in [0.2, 0.25) is 0 Å². The summed E-state index contributed by atoms with van der Waals surface area (Å²) in [6, 6.07) is 10.1. The second-order valence-corrected chi connectivity index (χ2v) is 7.05. The first kappa shape index (κ1) is 16.7. The van der Waals surface area contributed by atoms with E-state index in [1.165, 1.54) is 6.07 Å². The van der Waals surface area contributed by atoms with Gasteiger partial charge in [0, 0.05) is 20.2 Å². The van der Waals surface area contributed by atoms with Crippen molar-refractivity contribution in [1.29, 1.82) is 0 Å². The van der Waals surface area contributed by atoms with Crippen molar-refractivity contribution in [2.75, 3.05) is 11.9 Å². The van der Waals surface area contributed by atoms with E-state index in [4.69, 9.17) is 11.6 Å². The molecule has 0 aromatic heterocycles. The highest BCUT2D eigenvalue weighted by molar-refractivity contribution is 9.10. The molecule has 0 saturated carbocycles. The Hall–Kier alpha value is -0.620. The fraction of sp³-hybridized carbons (Fsp3) is 0.200. The Bertz CT molecular complexity index is 668. The molecule has 0 heterocycles. The third-order valence-corrected chi connectivity index (χ3v) is 4.89. The van der Waals surface area contributed by atoms with Gasteiger partial charge < -0.3 is 10.4 Å². The van der Waals surface area contributed by atoms with Crippen molar-refractivity contribution in [2.24, 2.45) is 0 Å². The lowest BCUT2D eigenvalue weighted by Crippen LogP contribution is -2.36. The molecular formula is C15H13Br2ClFNO. The van der Waals surface area contributed by atoms with Gasteiger partial charge >= 0.3 is 0 Å². The SMILES string of the molecule is CC(CO)(Nc1ccc(Cl)c(Br)c1)c1ccc(Br)cc1F. The van der Waals surface area contributed by atoms with Gasteiger partial charge in [-0.15, -0.1) is 0 Å². The lowest BCUT2D eigenvalue weighted by atomic mass is 9.92. The average Bonchev–Trinajstić information content (AvgIpc) is 2.42. The van der Waals surface area contributed by atoms with Crippen LogP contribution in [0.5, 0.6) is 0 Å². The molecule has 0 aliphatic rings. The van der Waals surface area contributed by atoms with Crippen LogP contribution in [0.1, 0.15) is 12.5 Å². The van der Waals surface area contributed by atoms with Crippen molar-refractivity contribution >= 4 is 49.1 Å². The standard InChI is InChI=1S/C15H13Br2ClFNO/c1-15(8-21,11-4-2-9(16)6-14(11)19)20-10-3-5-13(18)12(17)7-10/h2-7,20-21H,8H2,1H3. The van der Waals surface area contributed by atoms with Crippen molar-refractivity contribution in [3.63, 3.8) is 0 Å². The summed E-state index contributed by atoms with van der Waals surface area (Å²) in [7, 11) is 0. The minimum absolute atomic E-state index is 0.258. The molecule has 6 heteroatoms. The molecular weight excluding hydrogens is 424 g/mol. The van der Waals surface area contributed by atoms with E-state index in [2.05, 4.69) is 37.2 Å². The molecule has 0 amide bonds. The van der Waals surface area contributed by atoms with Gasteiger partial charge in [-0.2, -0.15) is 0 Å². The fourth-order valence-corrected chi connectivity index (χ4v) is 2.85. The Kier molecular flexibility index (Phi) is 5.30. The van der Waals surface area contributed by atoms with E-state index in [0.717, 1.165) is 10.2 Å². The molecule has 2 aromatic carbocycles. The van der Waals surface area contributed by atoms with E-state index in [9.17, 15) is 9.50 Å². The third kappa shape index (κ3) is 3.77. The van der Waals surface area contributed by atoms with Crippen molar-refractivity contribution in [3.05, 3.63) is 61.7 Å². The van der Waals surface area contributed by atoms with Gasteiger partial charge in [-0.25, -0.2) is 4.39 Å². The Morgan fingerprint density at radius 1 is 1.24 bits per heavy atom. The number of aliphatic hydroxyl groups is 1. The molecule has 2 nitrogen and oxygen atoms in total. The maximum atomic E-state index is 14.2. The molecule has 0 aliphatic heterocycles. The van der Waals surface area contributed by atoms with Gasteiger partial charge in [-0.1, -0.05) is 33.6 Å². The molecule has 0 bridgehead atoms. The predicted molar refractivity (Wildman–Crippen MR) is 91.3 cm³/mol. The number of nitrogens with one attached hydrogen (secondary N) is 1. The van der Waals surface area contributed by atoms with E-state index in [1.54, 1.807) is 37.3 Å². The van der Waals surface area contributed by atoms with Crippen LogP contribution in [-0.2, 0) is 5.54 Å². The fourth-order valence-electron chi connectivity index (χ4n) is 2.02. The smallest absolute Gasteiger partial charge is 0.129 e. The van der Waals surface area contributed by atoms with E-state index < -0.39 is 5.54 Å². The first-order valence-corrected chi connectivity index (χ1v) is 8.12. The zero-order valence-corrected chi connectivity index (χ0v) is 15.1. The Balaban J connectivity index is 2.38. The molecule has 2 N–H and O–H groups in total. The quantitative estimate of drug-likeness (QED) is 0.678. The van der Waals surface area contributed by atoms with Crippen molar-refractivity contribution in [2.45, 2.75) is 12.5 Å². The van der Waals surface area contributed by atoms with Gasteiger partial charge in [0.05, 0.1) is 17.2 Å². The second kappa shape index (κ2) is 6.65. The molecule has 0 fully saturated rings. The number of anilines is 1. The minimum atomic E-state index is -0.946. The highest BCUT2D eigenvalue weighted by Gasteiger charge is 2.29. The molecule has 2 aromatic rings. The topological polar surface area (TPSA) is 32.3 Å². The predicted octanol–water partition coefficient (Wildman–Crippen LogP) is 5.32. The van der Waals surface area contributed by atoms with E-state index in [0.29, 0.717) is 15.1 Å². The summed E-state index contributed by atoms with van der Waals surface area (Å²) < 4.78 is 15.5. The van der Waals surface area contributed by atoms with Crippen LogP contribution in [-0.4, -0.2) is 11.7 Å². The summed E-state index contributed by atoms with van der Waals surface area (Å²) in [5.41, 5.74) is 0.169. The summed E-state index contributed by atoms with van der Waals surface area (Å²) in [5.74, 6) is -0.388. The number of rotatable bonds is 4. The minimum Gasteiger partial charge on any atom is -0.394 e. The lowest BCUT2D eigenvalue weighted by Gasteiger charge is -2.31. The zero-order valence-electron chi connectivity index (χ0n) is 11.1. The molecule has 1 unspecified atom stereocenters. The monoisotopic (exact) mass is 435 g/mol. The molecule has 2 rings (SSSR count). The number of halogens is 4. The Morgan fingerprint density at radius 3 is 2.52 bits per heavy atom. The van der Waals surface area contributed by atoms with Gasteiger partial charge in [0.15, 0.2) is 0 Å². The van der Waals surface area contributed by atoms with E-state index >= 15 is 0 Å². The molecule has 0 aliphatic carbocycles. The van der Waals surface area contributed by atoms with Crippen LogP contribution < -0.4 is 5.32 Å². The summed E-state index contributed by atoms with van der Waals surface area (Å²) in [4.78, 5) is 0. The normalized spacial score (nSPS) is 13.8. The average molecular weight is 438 g/mol. The van der Waals surface area contributed by atoms with Crippen LogP contribution in [0, 0.1) is 5.82 Å². The first-order valence-electron chi connectivity index (χ1n) is 6.15.